The third kappa shape index (κ3) is 3.35. The van der Waals surface area contributed by atoms with Crippen molar-refractivity contribution in [1.82, 2.24) is 20.0 Å². The predicted octanol–water partition coefficient (Wildman–Crippen LogP) is 2.60. The Morgan fingerprint density at radius 3 is 2.50 bits per heavy atom. The summed E-state index contributed by atoms with van der Waals surface area (Å²) in [5.41, 5.74) is 2.15. The van der Waals surface area contributed by atoms with Gasteiger partial charge in [0.05, 0.1) is 16.4 Å². The van der Waals surface area contributed by atoms with E-state index in [9.17, 15) is 0 Å². The van der Waals surface area contributed by atoms with Crippen LogP contribution in [0.5, 0.6) is 0 Å². The summed E-state index contributed by atoms with van der Waals surface area (Å²) in [5.74, 6) is 0. The summed E-state index contributed by atoms with van der Waals surface area (Å²) in [6, 6.07) is 1.36. The van der Waals surface area contributed by atoms with Crippen molar-refractivity contribution in [2.24, 2.45) is 7.05 Å². The molecule has 1 aliphatic carbocycles. The highest BCUT2D eigenvalue weighted by Gasteiger charge is 2.24. The minimum Gasteiger partial charge on any atom is -0.317 e. The van der Waals surface area contributed by atoms with Crippen LogP contribution in [0.3, 0.4) is 0 Å². The van der Waals surface area contributed by atoms with Gasteiger partial charge < -0.3 is 5.32 Å². The molecule has 0 unspecified atom stereocenters. The molecule has 0 spiro atoms. The second-order valence-corrected chi connectivity index (χ2v) is 6.27. The summed E-state index contributed by atoms with van der Waals surface area (Å²) >= 11 is 6.44. The average Bonchev–Trinajstić information content (AvgIpc) is 2.74. The fourth-order valence-corrected chi connectivity index (χ4v) is 3.52. The Hall–Kier alpha value is -0.580. The van der Waals surface area contributed by atoms with Crippen LogP contribution in [-0.4, -0.2) is 40.9 Å². The molecular formula is C15H27ClN4. The van der Waals surface area contributed by atoms with Gasteiger partial charge >= 0.3 is 0 Å². The van der Waals surface area contributed by atoms with Crippen molar-refractivity contribution in [3.05, 3.63) is 16.4 Å². The van der Waals surface area contributed by atoms with E-state index < -0.39 is 0 Å². The van der Waals surface area contributed by atoms with Crippen molar-refractivity contribution in [1.29, 1.82) is 0 Å². The second-order valence-electron chi connectivity index (χ2n) is 5.89. The zero-order valence-electron chi connectivity index (χ0n) is 13.1. The number of hydrogen-bond acceptors (Lipinski definition) is 3. The largest absolute Gasteiger partial charge is 0.317 e. The number of nitrogens with zero attached hydrogens (tertiary/aromatic N) is 3. The molecule has 1 fully saturated rings. The Morgan fingerprint density at radius 2 is 2.00 bits per heavy atom. The molecule has 0 saturated heterocycles. The summed E-state index contributed by atoms with van der Waals surface area (Å²) in [4.78, 5) is 2.44. The number of hydrogen-bond donors (Lipinski definition) is 1. The van der Waals surface area contributed by atoms with Crippen LogP contribution < -0.4 is 5.32 Å². The molecule has 1 N–H and O–H groups in total. The van der Waals surface area contributed by atoms with Crippen LogP contribution in [0.2, 0.25) is 5.02 Å². The molecule has 1 aliphatic rings. The molecule has 0 bridgehead atoms. The molecule has 1 aromatic heterocycles. The van der Waals surface area contributed by atoms with Crippen LogP contribution in [0.15, 0.2) is 0 Å². The molecule has 1 aromatic rings. The number of nitrogens with one attached hydrogen (secondary N) is 1. The molecule has 0 aromatic carbocycles. The molecule has 0 aliphatic heterocycles. The van der Waals surface area contributed by atoms with Crippen molar-refractivity contribution < 1.29 is 0 Å². The van der Waals surface area contributed by atoms with Gasteiger partial charge in [0.25, 0.3) is 0 Å². The summed E-state index contributed by atoms with van der Waals surface area (Å²) in [6.45, 7) is 2.98. The monoisotopic (exact) mass is 298 g/mol. The maximum atomic E-state index is 6.44. The minimum absolute atomic E-state index is 0.663. The van der Waals surface area contributed by atoms with Crippen LogP contribution in [0.1, 0.15) is 44.0 Å². The molecule has 2 rings (SSSR count). The Morgan fingerprint density at radius 1 is 1.35 bits per heavy atom. The highest BCUT2D eigenvalue weighted by molar-refractivity contribution is 6.31. The predicted molar refractivity (Wildman–Crippen MR) is 84.2 cm³/mol. The van der Waals surface area contributed by atoms with Gasteiger partial charge in [-0.2, -0.15) is 5.10 Å². The van der Waals surface area contributed by atoms with Gasteiger partial charge in [-0.25, -0.2) is 0 Å². The molecule has 1 saturated carbocycles. The van der Waals surface area contributed by atoms with E-state index in [-0.39, 0.29) is 0 Å². The lowest BCUT2D eigenvalue weighted by atomic mass is 9.90. The number of aromatic nitrogens is 2. The zero-order valence-corrected chi connectivity index (χ0v) is 13.9. The molecule has 5 heteroatoms. The first kappa shape index (κ1) is 15.8. The van der Waals surface area contributed by atoms with Crippen LogP contribution in [0.4, 0.5) is 0 Å². The van der Waals surface area contributed by atoms with Gasteiger partial charge in [-0.3, -0.25) is 9.58 Å². The maximum absolute atomic E-state index is 6.44. The third-order valence-corrected chi connectivity index (χ3v) is 5.07. The van der Waals surface area contributed by atoms with Gasteiger partial charge in [0.15, 0.2) is 0 Å². The van der Waals surface area contributed by atoms with E-state index in [0.717, 1.165) is 29.4 Å². The second kappa shape index (κ2) is 6.92. The Bertz CT molecular complexity index is 435. The lowest BCUT2D eigenvalue weighted by Gasteiger charge is -2.34. The Labute approximate surface area is 127 Å². The number of rotatable bonds is 5. The molecule has 0 radical (unpaired) electrons. The van der Waals surface area contributed by atoms with Crippen molar-refractivity contribution in [2.75, 3.05) is 14.1 Å². The van der Waals surface area contributed by atoms with Crippen molar-refractivity contribution in [3.8, 4) is 0 Å². The van der Waals surface area contributed by atoms with E-state index >= 15 is 0 Å². The minimum atomic E-state index is 0.663. The number of halogens is 1. The Kier molecular flexibility index (Phi) is 5.47. The van der Waals surface area contributed by atoms with E-state index in [2.05, 4.69) is 36.3 Å². The Balaban J connectivity index is 1.98. The van der Waals surface area contributed by atoms with Gasteiger partial charge in [0.2, 0.25) is 0 Å². The van der Waals surface area contributed by atoms with Gasteiger partial charge in [0.1, 0.15) is 0 Å². The van der Waals surface area contributed by atoms with Gasteiger partial charge in [-0.15, -0.1) is 0 Å². The van der Waals surface area contributed by atoms with Gasteiger partial charge in [0, 0.05) is 25.7 Å². The molecule has 0 atom stereocenters. The van der Waals surface area contributed by atoms with E-state index in [1.54, 1.807) is 0 Å². The van der Waals surface area contributed by atoms with Gasteiger partial charge in [-0.1, -0.05) is 18.5 Å². The highest BCUT2D eigenvalue weighted by Crippen LogP contribution is 2.26. The molecule has 0 amide bonds. The zero-order chi connectivity index (χ0) is 14.7. The molecule has 1 heterocycles. The van der Waals surface area contributed by atoms with Crippen molar-refractivity contribution in [2.45, 2.75) is 57.7 Å². The van der Waals surface area contributed by atoms with E-state index in [1.165, 1.54) is 25.7 Å². The lowest BCUT2D eigenvalue weighted by Crippen LogP contribution is -2.39. The first-order valence-corrected chi connectivity index (χ1v) is 8.02. The first-order valence-electron chi connectivity index (χ1n) is 7.64. The lowest BCUT2D eigenvalue weighted by molar-refractivity contribution is 0.167. The fourth-order valence-electron chi connectivity index (χ4n) is 3.16. The fraction of sp³-hybridized carbons (Fsp3) is 0.800. The van der Waals surface area contributed by atoms with Crippen LogP contribution >= 0.6 is 11.6 Å². The molecule has 20 heavy (non-hydrogen) atoms. The normalized spacial score (nSPS) is 23.5. The first-order chi connectivity index (χ1) is 9.56. The maximum Gasteiger partial charge on any atom is 0.0863 e. The molecule has 114 valence electrons. The van der Waals surface area contributed by atoms with Crippen LogP contribution in [0.25, 0.3) is 0 Å². The standard InChI is InChI=1S/C15H27ClN4/c1-5-13-15(16)14(20(4)18-13)10-19(3)12-8-6-11(17-2)7-9-12/h11-12,17H,5-10H2,1-4H3. The SMILES string of the molecule is CCc1nn(C)c(CN(C)C2CCC(NC)CC2)c1Cl. The summed E-state index contributed by atoms with van der Waals surface area (Å²) in [6.07, 6.45) is 5.95. The smallest absolute Gasteiger partial charge is 0.0863 e. The van der Waals surface area contributed by atoms with Crippen LogP contribution in [0, 0.1) is 0 Å². The molecular weight excluding hydrogens is 272 g/mol. The van der Waals surface area contributed by atoms with E-state index in [1.807, 2.05) is 11.7 Å². The highest BCUT2D eigenvalue weighted by atomic mass is 35.5. The third-order valence-electron chi connectivity index (χ3n) is 4.63. The summed E-state index contributed by atoms with van der Waals surface area (Å²) in [7, 11) is 6.27. The van der Waals surface area contributed by atoms with E-state index in [0.29, 0.717) is 12.1 Å². The van der Waals surface area contributed by atoms with Crippen LogP contribution in [-0.2, 0) is 20.0 Å². The molecule has 4 nitrogen and oxygen atoms in total. The number of aryl methyl sites for hydroxylation is 2. The van der Waals surface area contributed by atoms with Gasteiger partial charge in [-0.05, 0) is 46.2 Å². The average molecular weight is 299 g/mol. The van der Waals surface area contributed by atoms with Crippen molar-refractivity contribution in [3.63, 3.8) is 0 Å². The van der Waals surface area contributed by atoms with Crippen molar-refractivity contribution >= 4 is 11.6 Å². The summed E-state index contributed by atoms with van der Waals surface area (Å²) in [5, 5.41) is 8.74. The quantitative estimate of drug-likeness (QED) is 0.907. The van der Waals surface area contributed by atoms with E-state index in [4.69, 9.17) is 11.6 Å². The summed E-state index contributed by atoms with van der Waals surface area (Å²) < 4.78 is 1.94. The topological polar surface area (TPSA) is 33.1 Å².